The van der Waals surface area contributed by atoms with Crippen molar-refractivity contribution in [3.63, 3.8) is 0 Å². The van der Waals surface area contributed by atoms with Crippen molar-refractivity contribution in [2.45, 2.75) is 38.1 Å². The Labute approximate surface area is 133 Å². The number of halogens is 1. The summed E-state index contributed by atoms with van der Waals surface area (Å²) in [4.78, 5) is 13.8. The minimum absolute atomic E-state index is 0.0373. The highest BCUT2D eigenvalue weighted by molar-refractivity contribution is 6.30. The topological polar surface area (TPSA) is 82.9 Å². The summed E-state index contributed by atoms with van der Waals surface area (Å²) in [5.74, 6) is 0.364. The van der Waals surface area contributed by atoms with Crippen LogP contribution in [-0.2, 0) is 13.1 Å². The van der Waals surface area contributed by atoms with Crippen molar-refractivity contribution >= 4 is 11.6 Å². The number of aliphatic hydroxyl groups is 1. The summed E-state index contributed by atoms with van der Waals surface area (Å²) >= 11 is 5.86. The van der Waals surface area contributed by atoms with Gasteiger partial charge in [-0.25, -0.2) is 0 Å². The van der Waals surface area contributed by atoms with E-state index in [2.05, 4.69) is 15.4 Å². The van der Waals surface area contributed by atoms with Crippen LogP contribution in [0.1, 0.15) is 18.4 Å². The summed E-state index contributed by atoms with van der Waals surface area (Å²) in [5.41, 5.74) is 0.804. The van der Waals surface area contributed by atoms with Gasteiger partial charge in [0.15, 0.2) is 0 Å². The maximum atomic E-state index is 11.3. The lowest BCUT2D eigenvalue weighted by atomic mass is 10.1. The van der Waals surface area contributed by atoms with E-state index in [4.69, 9.17) is 11.6 Å². The van der Waals surface area contributed by atoms with E-state index in [9.17, 15) is 9.90 Å². The highest BCUT2D eigenvalue weighted by atomic mass is 35.5. The zero-order valence-corrected chi connectivity index (χ0v) is 12.8. The summed E-state index contributed by atoms with van der Waals surface area (Å²) in [6.07, 6.45) is 6.29. The van der Waals surface area contributed by atoms with E-state index in [1.807, 2.05) is 10.7 Å². The quantitative estimate of drug-likeness (QED) is 0.771. The predicted octanol–water partition coefficient (Wildman–Crippen LogP) is 1.15. The molecule has 2 aromatic rings. The molecule has 0 spiro atoms. The molecule has 2 aromatic heterocycles. The first-order valence-electron chi connectivity index (χ1n) is 7.37. The Bertz CT molecular complexity index is 684. The van der Waals surface area contributed by atoms with Gasteiger partial charge in [0, 0.05) is 37.6 Å². The molecule has 0 aromatic carbocycles. The largest absolute Gasteiger partial charge is 0.391 e. The second kappa shape index (κ2) is 6.64. The molecule has 3 atom stereocenters. The van der Waals surface area contributed by atoms with E-state index in [1.54, 1.807) is 24.7 Å². The van der Waals surface area contributed by atoms with Crippen LogP contribution in [0.4, 0.5) is 0 Å². The zero-order chi connectivity index (χ0) is 15.5. The van der Waals surface area contributed by atoms with E-state index in [-0.39, 0.29) is 17.7 Å². The lowest BCUT2D eigenvalue weighted by Crippen LogP contribution is -2.35. The number of hydrogen-bond donors (Lipinski definition) is 3. The maximum Gasteiger partial charge on any atom is 0.248 e. The molecule has 6 nitrogen and oxygen atoms in total. The van der Waals surface area contributed by atoms with Gasteiger partial charge in [-0.15, -0.1) is 0 Å². The summed E-state index contributed by atoms with van der Waals surface area (Å²) in [5, 5.41) is 18.3. The van der Waals surface area contributed by atoms with Crippen molar-refractivity contribution in [1.82, 2.24) is 20.1 Å². The number of nitrogens with one attached hydrogen (secondary N) is 2. The maximum absolute atomic E-state index is 11.3. The van der Waals surface area contributed by atoms with Crippen molar-refractivity contribution in [2.75, 3.05) is 0 Å². The average Bonchev–Trinajstić information content (AvgIpc) is 3.03. The van der Waals surface area contributed by atoms with Crippen LogP contribution in [0.25, 0.3) is 0 Å². The van der Waals surface area contributed by atoms with Crippen molar-refractivity contribution in [3.05, 3.63) is 51.7 Å². The molecule has 0 aliphatic heterocycles. The smallest absolute Gasteiger partial charge is 0.248 e. The Morgan fingerprint density at radius 2 is 2.36 bits per heavy atom. The number of aliphatic hydroxyl groups excluding tert-OH is 1. The number of hydrogen-bond acceptors (Lipinski definition) is 4. The number of aromatic amines is 1. The summed E-state index contributed by atoms with van der Waals surface area (Å²) in [6, 6.07) is 3.46. The summed E-state index contributed by atoms with van der Waals surface area (Å²) in [7, 11) is 0. The molecule has 1 fully saturated rings. The zero-order valence-electron chi connectivity index (χ0n) is 12.1. The highest BCUT2D eigenvalue weighted by Gasteiger charge is 2.32. The molecule has 1 aliphatic carbocycles. The SMILES string of the molecule is O=c1cc(CN[C@@H]2CC(Cn3cc(Cl)cn3)C[C@H]2O)cc[nH]1. The van der Waals surface area contributed by atoms with Gasteiger partial charge in [-0.1, -0.05) is 11.6 Å². The van der Waals surface area contributed by atoms with E-state index in [0.29, 0.717) is 17.5 Å². The van der Waals surface area contributed by atoms with Gasteiger partial charge in [0.25, 0.3) is 0 Å². The third-order valence-corrected chi connectivity index (χ3v) is 4.28. The van der Waals surface area contributed by atoms with Crippen LogP contribution < -0.4 is 10.9 Å². The number of pyridine rings is 1. The lowest BCUT2D eigenvalue weighted by Gasteiger charge is -2.16. The highest BCUT2D eigenvalue weighted by Crippen LogP contribution is 2.28. The molecule has 3 rings (SSSR count). The molecule has 1 saturated carbocycles. The monoisotopic (exact) mass is 322 g/mol. The Kier molecular flexibility index (Phi) is 4.61. The van der Waals surface area contributed by atoms with Gasteiger partial charge in [-0.05, 0) is 30.4 Å². The van der Waals surface area contributed by atoms with E-state index in [0.717, 1.165) is 24.9 Å². The first kappa shape index (κ1) is 15.3. The Morgan fingerprint density at radius 3 is 3.09 bits per heavy atom. The first-order chi connectivity index (χ1) is 10.6. The van der Waals surface area contributed by atoms with Crippen LogP contribution in [0.5, 0.6) is 0 Å². The van der Waals surface area contributed by atoms with Crippen molar-refractivity contribution in [1.29, 1.82) is 0 Å². The third kappa shape index (κ3) is 3.76. The van der Waals surface area contributed by atoms with Gasteiger partial charge in [-0.2, -0.15) is 5.10 Å². The fourth-order valence-electron chi connectivity index (χ4n) is 3.04. The number of rotatable bonds is 5. The van der Waals surface area contributed by atoms with E-state index >= 15 is 0 Å². The van der Waals surface area contributed by atoms with Crippen LogP contribution in [0.2, 0.25) is 5.02 Å². The van der Waals surface area contributed by atoms with Gasteiger partial charge in [0.05, 0.1) is 17.3 Å². The Morgan fingerprint density at radius 1 is 1.50 bits per heavy atom. The number of H-pyrrole nitrogens is 1. The van der Waals surface area contributed by atoms with E-state index < -0.39 is 0 Å². The summed E-state index contributed by atoms with van der Waals surface area (Å²) in [6.45, 7) is 1.33. The van der Waals surface area contributed by atoms with Crippen LogP contribution in [0, 0.1) is 5.92 Å². The molecule has 1 aliphatic rings. The fraction of sp³-hybridized carbons (Fsp3) is 0.467. The van der Waals surface area contributed by atoms with Gasteiger partial charge in [0.1, 0.15) is 0 Å². The standard InChI is InChI=1S/C15H19ClN4O2/c16-12-7-19-20(9-12)8-11-3-13(14(21)4-11)18-6-10-1-2-17-15(22)5-10/h1-2,5,7,9,11,13-14,18,21H,3-4,6,8H2,(H,17,22)/t11?,13-,14-/m1/s1. The molecule has 0 radical (unpaired) electrons. The minimum atomic E-state index is -0.377. The lowest BCUT2D eigenvalue weighted by molar-refractivity contribution is 0.145. The Balaban J connectivity index is 1.53. The van der Waals surface area contributed by atoms with Gasteiger partial charge in [-0.3, -0.25) is 9.48 Å². The van der Waals surface area contributed by atoms with Crippen LogP contribution in [0.15, 0.2) is 35.5 Å². The van der Waals surface area contributed by atoms with Gasteiger partial charge >= 0.3 is 0 Å². The van der Waals surface area contributed by atoms with Gasteiger partial charge < -0.3 is 15.4 Å². The molecule has 7 heteroatoms. The van der Waals surface area contributed by atoms with Crippen molar-refractivity contribution < 1.29 is 5.11 Å². The van der Waals surface area contributed by atoms with Crippen LogP contribution >= 0.6 is 11.6 Å². The Hall–Kier alpha value is -1.63. The second-order valence-electron chi connectivity index (χ2n) is 5.83. The summed E-state index contributed by atoms with van der Waals surface area (Å²) < 4.78 is 1.82. The van der Waals surface area contributed by atoms with Crippen molar-refractivity contribution in [2.24, 2.45) is 5.92 Å². The van der Waals surface area contributed by atoms with Crippen LogP contribution in [-0.4, -0.2) is 32.0 Å². The molecular weight excluding hydrogens is 304 g/mol. The third-order valence-electron chi connectivity index (χ3n) is 4.08. The molecule has 0 bridgehead atoms. The molecule has 2 heterocycles. The fourth-order valence-corrected chi connectivity index (χ4v) is 3.19. The second-order valence-corrected chi connectivity index (χ2v) is 6.27. The minimum Gasteiger partial charge on any atom is -0.391 e. The molecule has 0 saturated heterocycles. The normalized spacial score (nSPS) is 24.7. The molecule has 3 N–H and O–H groups in total. The number of nitrogens with zero attached hydrogens (tertiary/aromatic N) is 2. The number of aromatic nitrogens is 3. The first-order valence-corrected chi connectivity index (χ1v) is 7.75. The van der Waals surface area contributed by atoms with Crippen LogP contribution in [0.3, 0.4) is 0 Å². The average molecular weight is 323 g/mol. The molecule has 22 heavy (non-hydrogen) atoms. The van der Waals surface area contributed by atoms with Gasteiger partial charge in [0.2, 0.25) is 5.56 Å². The van der Waals surface area contributed by atoms with Crippen molar-refractivity contribution in [3.8, 4) is 0 Å². The molecule has 1 unspecified atom stereocenters. The predicted molar refractivity (Wildman–Crippen MR) is 83.7 cm³/mol. The molecule has 118 valence electrons. The molecular formula is C15H19ClN4O2. The van der Waals surface area contributed by atoms with E-state index in [1.165, 1.54) is 0 Å². The molecule has 0 amide bonds.